The van der Waals surface area contributed by atoms with Crippen LogP contribution >= 0.6 is 11.3 Å². The molecule has 1 aliphatic heterocycles. The fraction of sp³-hybridized carbons (Fsp3) is 0.250. The van der Waals surface area contributed by atoms with Crippen LogP contribution in [-0.2, 0) is 0 Å². The van der Waals surface area contributed by atoms with E-state index in [2.05, 4.69) is 21.4 Å². The van der Waals surface area contributed by atoms with Crippen LogP contribution in [0.25, 0.3) is 0 Å². The summed E-state index contributed by atoms with van der Waals surface area (Å²) < 4.78 is 0. The number of rotatable bonds is 1. The summed E-state index contributed by atoms with van der Waals surface area (Å²) >= 11 is 1.64. The van der Waals surface area contributed by atoms with Gasteiger partial charge < -0.3 is 0 Å². The Bertz CT molecular complexity index is 274. The topological polar surface area (TPSA) is 25.2 Å². The summed E-state index contributed by atoms with van der Waals surface area (Å²) in [6, 6.07) is 0. The molecule has 2 heterocycles. The summed E-state index contributed by atoms with van der Waals surface area (Å²) in [6.45, 7) is 0. The van der Waals surface area contributed by atoms with Gasteiger partial charge in [0, 0.05) is 23.7 Å². The van der Waals surface area contributed by atoms with Gasteiger partial charge in [-0.25, -0.2) is 4.98 Å². The van der Waals surface area contributed by atoms with E-state index in [1.54, 1.807) is 11.3 Å². The first-order chi connectivity index (χ1) is 5.47. The summed E-state index contributed by atoms with van der Waals surface area (Å²) in [7, 11) is 0. The number of aromatic nitrogens is 1. The highest BCUT2D eigenvalue weighted by atomic mass is 32.1. The molecule has 2 rings (SSSR count). The van der Waals surface area contributed by atoms with E-state index in [0.29, 0.717) is 5.92 Å². The predicted molar refractivity (Wildman–Crippen MR) is 47.1 cm³/mol. The third-order valence-electron chi connectivity index (χ3n) is 1.68. The predicted octanol–water partition coefficient (Wildman–Crippen LogP) is 2.21. The van der Waals surface area contributed by atoms with Crippen molar-refractivity contribution in [3.8, 4) is 0 Å². The number of aliphatic imine (C=N–C) groups is 1. The van der Waals surface area contributed by atoms with E-state index in [4.69, 9.17) is 0 Å². The van der Waals surface area contributed by atoms with Crippen molar-refractivity contribution in [1.82, 2.24) is 4.98 Å². The van der Waals surface area contributed by atoms with E-state index in [-0.39, 0.29) is 0 Å². The highest BCUT2D eigenvalue weighted by Crippen LogP contribution is 2.19. The molecule has 0 spiro atoms. The molecule has 3 heteroatoms. The minimum Gasteiger partial charge on any atom is -0.269 e. The molecular formula is C8H8N2S. The Balaban J connectivity index is 2.19. The fourth-order valence-corrected chi connectivity index (χ4v) is 1.70. The quantitative estimate of drug-likeness (QED) is 0.624. The van der Waals surface area contributed by atoms with Gasteiger partial charge in [0.2, 0.25) is 0 Å². The lowest BCUT2D eigenvalue weighted by Crippen LogP contribution is -2.01. The van der Waals surface area contributed by atoms with Gasteiger partial charge in [-0.2, -0.15) is 0 Å². The summed E-state index contributed by atoms with van der Waals surface area (Å²) in [5.74, 6) is 0.409. The largest absolute Gasteiger partial charge is 0.269 e. The average Bonchev–Trinajstić information content (AvgIpc) is 2.58. The van der Waals surface area contributed by atoms with Crippen LogP contribution in [0.5, 0.6) is 0 Å². The third kappa shape index (κ3) is 1.38. The SMILES string of the molecule is C1=CN=CC(c2cscn2)C1. The second kappa shape index (κ2) is 2.96. The standard InChI is InChI=1S/C8H8N2S/c1-2-7(4-9-3-1)8-5-11-6-10-8/h1,3-7H,2H2. The summed E-state index contributed by atoms with van der Waals surface area (Å²) in [5.41, 5.74) is 3.00. The molecule has 0 amide bonds. The molecular weight excluding hydrogens is 156 g/mol. The van der Waals surface area contributed by atoms with Crippen LogP contribution in [0, 0.1) is 0 Å². The lowest BCUT2D eigenvalue weighted by atomic mass is 10.0. The van der Waals surface area contributed by atoms with Crippen molar-refractivity contribution in [2.75, 3.05) is 0 Å². The molecule has 1 unspecified atom stereocenters. The molecule has 0 aromatic carbocycles. The molecule has 0 saturated heterocycles. The Kier molecular flexibility index (Phi) is 1.81. The second-order valence-corrected chi connectivity index (χ2v) is 3.16. The van der Waals surface area contributed by atoms with Crippen molar-refractivity contribution >= 4 is 17.6 Å². The Labute approximate surface area is 69.3 Å². The summed E-state index contributed by atoms with van der Waals surface area (Å²) in [6.07, 6.45) is 6.90. The number of nitrogens with zero attached hydrogens (tertiary/aromatic N) is 2. The minimum absolute atomic E-state index is 0.409. The lowest BCUT2D eigenvalue weighted by molar-refractivity contribution is 0.876. The first kappa shape index (κ1) is 6.73. The Hall–Kier alpha value is -0.960. The Morgan fingerprint density at radius 3 is 3.18 bits per heavy atom. The molecule has 2 nitrogen and oxygen atoms in total. The molecule has 0 aliphatic carbocycles. The second-order valence-electron chi connectivity index (χ2n) is 2.44. The monoisotopic (exact) mass is 164 g/mol. The van der Waals surface area contributed by atoms with E-state index in [9.17, 15) is 0 Å². The van der Waals surface area contributed by atoms with Gasteiger partial charge in [-0.1, -0.05) is 6.08 Å². The van der Waals surface area contributed by atoms with Crippen LogP contribution in [0.2, 0.25) is 0 Å². The first-order valence-electron chi connectivity index (χ1n) is 3.53. The van der Waals surface area contributed by atoms with Crippen LogP contribution < -0.4 is 0 Å². The number of allylic oxidation sites excluding steroid dienone is 1. The molecule has 1 aliphatic rings. The highest BCUT2D eigenvalue weighted by Gasteiger charge is 2.10. The van der Waals surface area contributed by atoms with Crippen LogP contribution in [0.4, 0.5) is 0 Å². The lowest BCUT2D eigenvalue weighted by Gasteiger charge is -2.07. The van der Waals surface area contributed by atoms with Crippen LogP contribution in [0.1, 0.15) is 18.0 Å². The Morgan fingerprint density at radius 1 is 1.55 bits per heavy atom. The molecule has 1 atom stereocenters. The van der Waals surface area contributed by atoms with Crippen molar-refractivity contribution in [2.24, 2.45) is 4.99 Å². The van der Waals surface area contributed by atoms with E-state index >= 15 is 0 Å². The van der Waals surface area contributed by atoms with Crippen LogP contribution in [0.3, 0.4) is 0 Å². The van der Waals surface area contributed by atoms with Crippen molar-refractivity contribution in [3.63, 3.8) is 0 Å². The maximum atomic E-state index is 4.23. The molecule has 11 heavy (non-hydrogen) atoms. The maximum Gasteiger partial charge on any atom is 0.0794 e. The molecule has 1 aromatic rings. The van der Waals surface area contributed by atoms with E-state index in [1.165, 1.54) is 0 Å². The van der Waals surface area contributed by atoms with Crippen LogP contribution in [0.15, 0.2) is 28.2 Å². The fourth-order valence-electron chi connectivity index (χ4n) is 1.08. The molecule has 1 aromatic heterocycles. The van der Waals surface area contributed by atoms with Gasteiger partial charge in [-0.05, 0) is 6.42 Å². The minimum atomic E-state index is 0.409. The van der Waals surface area contributed by atoms with Gasteiger partial charge in [0.25, 0.3) is 0 Å². The third-order valence-corrected chi connectivity index (χ3v) is 2.28. The van der Waals surface area contributed by atoms with E-state index in [1.807, 2.05) is 17.9 Å². The smallest absolute Gasteiger partial charge is 0.0794 e. The molecule has 0 bridgehead atoms. The molecule has 0 N–H and O–H groups in total. The van der Waals surface area contributed by atoms with Crippen molar-refractivity contribution in [3.05, 3.63) is 28.9 Å². The van der Waals surface area contributed by atoms with Gasteiger partial charge in [0.15, 0.2) is 0 Å². The number of thiazole rings is 1. The highest BCUT2D eigenvalue weighted by molar-refractivity contribution is 7.07. The van der Waals surface area contributed by atoms with Gasteiger partial charge in [0.05, 0.1) is 11.2 Å². The molecule has 0 radical (unpaired) electrons. The summed E-state index contributed by atoms with van der Waals surface area (Å²) in [5, 5.41) is 2.08. The maximum absolute atomic E-state index is 4.23. The molecule has 0 saturated carbocycles. The van der Waals surface area contributed by atoms with Gasteiger partial charge in [0.1, 0.15) is 0 Å². The van der Waals surface area contributed by atoms with Crippen molar-refractivity contribution in [1.29, 1.82) is 0 Å². The zero-order valence-corrected chi connectivity index (χ0v) is 6.79. The van der Waals surface area contributed by atoms with E-state index in [0.717, 1.165) is 12.1 Å². The number of hydrogen-bond donors (Lipinski definition) is 0. The zero-order chi connectivity index (χ0) is 7.52. The first-order valence-corrected chi connectivity index (χ1v) is 4.47. The van der Waals surface area contributed by atoms with Gasteiger partial charge in [-0.15, -0.1) is 11.3 Å². The van der Waals surface area contributed by atoms with Crippen molar-refractivity contribution in [2.45, 2.75) is 12.3 Å². The zero-order valence-electron chi connectivity index (χ0n) is 5.97. The average molecular weight is 164 g/mol. The number of hydrogen-bond acceptors (Lipinski definition) is 3. The van der Waals surface area contributed by atoms with Gasteiger partial charge >= 0.3 is 0 Å². The Morgan fingerprint density at radius 2 is 2.55 bits per heavy atom. The van der Waals surface area contributed by atoms with Crippen LogP contribution in [-0.4, -0.2) is 11.2 Å². The molecule has 56 valence electrons. The van der Waals surface area contributed by atoms with Gasteiger partial charge in [-0.3, -0.25) is 4.99 Å². The van der Waals surface area contributed by atoms with Crippen molar-refractivity contribution < 1.29 is 0 Å². The van der Waals surface area contributed by atoms with E-state index < -0.39 is 0 Å². The molecule has 0 fully saturated rings. The normalized spacial score (nSPS) is 22.4. The summed E-state index contributed by atoms with van der Waals surface area (Å²) in [4.78, 5) is 8.31.